The van der Waals surface area contributed by atoms with Crippen LogP contribution in [0.5, 0.6) is 0 Å². The number of rotatable bonds is 1. The van der Waals surface area contributed by atoms with Gasteiger partial charge in [-0.15, -0.1) is 0 Å². The van der Waals surface area contributed by atoms with E-state index in [2.05, 4.69) is 47.8 Å². The molecular weight excluding hydrogens is 428 g/mol. The molecule has 0 spiro atoms. The van der Waals surface area contributed by atoms with Gasteiger partial charge in [0.2, 0.25) is 0 Å². The minimum atomic E-state index is -0.240. The molecule has 0 aromatic rings. The lowest BCUT2D eigenvalue weighted by atomic mass is 9.69. The predicted molar refractivity (Wildman–Crippen MR) is 76.8 cm³/mol. The Morgan fingerprint density at radius 3 is 2.56 bits per heavy atom. The third kappa shape index (κ3) is 0.828. The number of hydrogen-bond donors (Lipinski definition) is 0. The van der Waals surface area contributed by atoms with Gasteiger partial charge in [0.15, 0.2) is 0 Å². The fraction of sp³-hybridized carbons (Fsp3) is 0.923. The fourth-order valence-corrected chi connectivity index (χ4v) is 10.9. The van der Waals surface area contributed by atoms with Gasteiger partial charge < -0.3 is 4.74 Å². The molecule has 6 aliphatic rings. The van der Waals surface area contributed by atoms with Crippen molar-refractivity contribution in [2.24, 2.45) is 41.4 Å². The molecule has 0 N–H and O–H groups in total. The quantitative estimate of drug-likeness (QED) is 0.462. The minimum absolute atomic E-state index is 0.00146. The van der Waals surface area contributed by atoms with E-state index >= 15 is 0 Å². The van der Waals surface area contributed by atoms with Crippen LogP contribution in [0.4, 0.5) is 0 Å². The average Bonchev–Trinajstić information content (AvgIpc) is 2.93. The second-order valence-corrected chi connectivity index (χ2v) is 11.4. The van der Waals surface area contributed by atoms with E-state index in [1.807, 2.05) is 0 Å². The van der Waals surface area contributed by atoms with E-state index < -0.39 is 0 Å². The van der Waals surface area contributed by atoms with Gasteiger partial charge >= 0.3 is 5.97 Å². The Morgan fingerprint density at radius 2 is 1.89 bits per heavy atom. The van der Waals surface area contributed by atoms with Crippen LogP contribution < -0.4 is 0 Å². The zero-order valence-electron chi connectivity index (χ0n) is 9.78. The molecule has 0 aliphatic heterocycles. The van der Waals surface area contributed by atoms with Crippen LogP contribution in [-0.4, -0.2) is 19.6 Å². The summed E-state index contributed by atoms with van der Waals surface area (Å²) in [4.78, 5) is 12.0. The molecule has 9 atom stereocenters. The van der Waals surface area contributed by atoms with Crippen LogP contribution in [0.1, 0.15) is 13.3 Å². The van der Waals surface area contributed by atoms with Crippen molar-refractivity contribution in [3.05, 3.63) is 0 Å². The summed E-state index contributed by atoms with van der Waals surface area (Å²) in [6.07, 6.45) is 1.35. The Labute approximate surface area is 131 Å². The molecule has 6 aliphatic carbocycles. The Morgan fingerprint density at radius 1 is 1.22 bits per heavy atom. The number of hydrogen-bond acceptors (Lipinski definition) is 2. The van der Waals surface area contributed by atoms with E-state index in [-0.39, 0.29) is 14.8 Å². The largest absolute Gasteiger partial charge is 0.457 e. The molecule has 0 amide bonds. The molecule has 98 valence electrons. The number of ether oxygens (including phenoxy) is 1. The van der Waals surface area contributed by atoms with Crippen LogP contribution >= 0.6 is 47.8 Å². The van der Waals surface area contributed by atoms with Crippen LogP contribution in [-0.2, 0) is 9.53 Å². The van der Waals surface area contributed by atoms with Gasteiger partial charge in [0.1, 0.15) is 5.60 Å². The monoisotopic (exact) mass is 438 g/mol. The first kappa shape index (κ1) is 11.6. The first-order valence-corrected chi connectivity index (χ1v) is 9.14. The van der Waals surface area contributed by atoms with Crippen molar-refractivity contribution in [2.45, 2.75) is 27.0 Å². The molecule has 5 heteroatoms. The maximum atomic E-state index is 11.6. The molecule has 2 nitrogen and oxygen atoms in total. The fourth-order valence-electron chi connectivity index (χ4n) is 6.89. The third-order valence-electron chi connectivity index (χ3n) is 6.63. The van der Waals surface area contributed by atoms with Gasteiger partial charge in [-0.3, -0.25) is 4.79 Å². The van der Waals surface area contributed by atoms with Gasteiger partial charge in [0, 0.05) is 18.8 Å². The zero-order valence-corrected chi connectivity index (χ0v) is 14.5. The molecular formula is C13H13Br3O2. The molecule has 6 rings (SSSR count). The molecule has 0 heterocycles. The SMILES string of the molecule is CC(=O)O[C@@]12[C@@H]3[C@@H]4C[C@H]5[C@H]([C@H]4[C@H]1Br)[C@H]2C(Br)(Br)[C@H]53. The van der Waals surface area contributed by atoms with Gasteiger partial charge in [0.25, 0.3) is 0 Å². The second kappa shape index (κ2) is 2.92. The van der Waals surface area contributed by atoms with Gasteiger partial charge in [-0.05, 0) is 36.0 Å². The molecule has 0 saturated heterocycles. The molecule has 0 unspecified atom stereocenters. The van der Waals surface area contributed by atoms with Crippen molar-refractivity contribution in [3.8, 4) is 0 Å². The normalized spacial score (nSPS) is 67.6. The summed E-state index contributed by atoms with van der Waals surface area (Å²) in [5.41, 5.74) is -0.240. The summed E-state index contributed by atoms with van der Waals surface area (Å²) < 4.78 is 5.98. The van der Waals surface area contributed by atoms with Crippen molar-refractivity contribution < 1.29 is 9.53 Å². The smallest absolute Gasteiger partial charge is 0.303 e. The molecule has 6 fully saturated rings. The third-order valence-corrected chi connectivity index (χ3v) is 10.00. The highest BCUT2D eigenvalue weighted by molar-refractivity contribution is 9.25. The maximum Gasteiger partial charge on any atom is 0.303 e. The maximum absolute atomic E-state index is 11.6. The number of halogens is 3. The molecule has 18 heavy (non-hydrogen) atoms. The van der Waals surface area contributed by atoms with Crippen LogP contribution in [0.3, 0.4) is 0 Å². The Balaban J connectivity index is 1.76. The van der Waals surface area contributed by atoms with Crippen LogP contribution in [0.25, 0.3) is 0 Å². The van der Waals surface area contributed by atoms with Gasteiger partial charge in [-0.25, -0.2) is 0 Å². The lowest BCUT2D eigenvalue weighted by Gasteiger charge is -2.41. The van der Waals surface area contributed by atoms with Gasteiger partial charge in [-0.1, -0.05) is 47.8 Å². The molecule has 6 bridgehead atoms. The van der Waals surface area contributed by atoms with E-state index in [1.165, 1.54) is 6.42 Å². The Kier molecular flexibility index (Phi) is 1.87. The highest BCUT2D eigenvalue weighted by Gasteiger charge is 2.93. The number of alkyl halides is 3. The van der Waals surface area contributed by atoms with Crippen molar-refractivity contribution in [3.63, 3.8) is 0 Å². The zero-order chi connectivity index (χ0) is 12.6. The highest BCUT2D eigenvalue weighted by Crippen LogP contribution is 2.90. The summed E-state index contributed by atoms with van der Waals surface area (Å²) in [5.74, 6) is 4.64. The summed E-state index contributed by atoms with van der Waals surface area (Å²) >= 11 is 11.8. The van der Waals surface area contributed by atoms with Crippen molar-refractivity contribution in [1.29, 1.82) is 0 Å². The Hall–Kier alpha value is 0.910. The summed E-state index contributed by atoms with van der Waals surface area (Å²) in [5, 5.41) is 0. The summed E-state index contributed by atoms with van der Waals surface area (Å²) in [6, 6.07) is 0. The first-order valence-electron chi connectivity index (χ1n) is 6.64. The van der Waals surface area contributed by atoms with E-state index in [0.29, 0.717) is 22.6 Å². The number of carbonyl (C=O) groups excluding carboxylic acids is 1. The van der Waals surface area contributed by atoms with Gasteiger partial charge in [-0.2, -0.15) is 0 Å². The molecule has 6 saturated carbocycles. The predicted octanol–water partition coefficient (Wildman–Crippen LogP) is 3.31. The topological polar surface area (TPSA) is 26.3 Å². The van der Waals surface area contributed by atoms with E-state index in [4.69, 9.17) is 4.74 Å². The van der Waals surface area contributed by atoms with Crippen LogP contribution in [0.15, 0.2) is 0 Å². The van der Waals surface area contributed by atoms with Crippen molar-refractivity contribution in [2.75, 3.05) is 0 Å². The van der Waals surface area contributed by atoms with Crippen molar-refractivity contribution >= 4 is 53.8 Å². The molecule has 0 radical (unpaired) electrons. The summed E-state index contributed by atoms with van der Waals surface area (Å²) in [7, 11) is 0. The second-order valence-electron chi connectivity index (χ2n) is 6.77. The summed E-state index contributed by atoms with van der Waals surface area (Å²) in [6.45, 7) is 1.56. The lowest BCUT2D eigenvalue weighted by Crippen LogP contribution is -2.49. The minimum Gasteiger partial charge on any atom is -0.457 e. The van der Waals surface area contributed by atoms with E-state index in [9.17, 15) is 4.79 Å². The van der Waals surface area contributed by atoms with Gasteiger partial charge in [0.05, 0.1) is 8.06 Å². The first-order chi connectivity index (χ1) is 8.42. The Bertz CT molecular complexity index is 493. The molecule has 0 aromatic carbocycles. The van der Waals surface area contributed by atoms with E-state index in [0.717, 1.165) is 23.7 Å². The van der Waals surface area contributed by atoms with Crippen molar-refractivity contribution in [1.82, 2.24) is 0 Å². The van der Waals surface area contributed by atoms with Crippen LogP contribution in [0, 0.1) is 41.4 Å². The van der Waals surface area contributed by atoms with E-state index in [1.54, 1.807) is 6.92 Å². The number of carbonyl (C=O) groups is 1. The average molecular weight is 441 g/mol. The standard InChI is InChI=1S/C13H13Br3O2/c1-3(17)18-12-8-5-2-4-6(7(5)11(12)14)10(12)13(15,16)9(4)8/h4-11H,2H2,1H3/t4-,5+,6+,7-,8+,9+,10+,11+,12+/m0/s1. The lowest BCUT2D eigenvalue weighted by molar-refractivity contribution is -0.167. The molecule has 0 aromatic heterocycles. The van der Waals surface area contributed by atoms with Crippen LogP contribution in [0.2, 0.25) is 0 Å². The highest BCUT2D eigenvalue weighted by atomic mass is 79.9. The number of esters is 1.